The van der Waals surface area contributed by atoms with Gasteiger partial charge >= 0.3 is 0 Å². The van der Waals surface area contributed by atoms with Gasteiger partial charge in [0.25, 0.3) is 0 Å². The number of hydrogen-bond donors (Lipinski definition) is 0. The zero-order valence-electron chi connectivity index (χ0n) is 20.0. The van der Waals surface area contributed by atoms with Crippen LogP contribution in [0.4, 0.5) is 0 Å². The van der Waals surface area contributed by atoms with E-state index in [-0.39, 0.29) is 0 Å². The second kappa shape index (κ2) is 8.29. The lowest BCUT2D eigenvalue weighted by molar-refractivity contribution is -0.665. The van der Waals surface area contributed by atoms with Crippen LogP contribution in [-0.2, 0) is 7.05 Å². The average molecular weight is 430 g/mol. The van der Waals surface area contributed by atoms with Gasteiger partial charge in [0.2, 0.25) is 5.69 Å². The fraction of sp³-hybridized carbons (Fsp3) is 0.161. The first-order chi connectivity index (χ1) is 15.9. The summed E-state index contributed by atoms with van der Waals surface area (Å²) in [6.07, 6.45) is 3.74. The van der Waals surface area contributed by atoms with Crippen LogP contribution >= 0.6 is 0 Å². The Morgan fingerprint density at radius 2 is 1.42 bits per heavy atom. The molecule has 0 atom stereocenters. The highest BCUT2D eigenvalue weighted by molar-refractivity contribution is 5.96. The predicted molar refractivity (Wildman–Crippen MR) is 138 cm³/mol. The van der Waals surface area contributed by atoms with E-state index in [1.165, 1.54) is 61.1 Å². The van der Waals surface area contributed by atoms with E-state index in [1.807, 2.05) is 18.5 Å². The molecule has 0 saturated carbocycles. The number of rotatable bonds is 3. The number of aryl methyl sites for hydroxylation is 4. The minimum atomic E-state index is 1.14. The Morgan fingerprint density at radius 3 is 2.12 bits per heavy atom. The third-order valence-corrected chi connectivity index (χ3v) is 6.78. The Morgan fingerprint density at radius 1 is 0.667 bits per heavy atom. The Bertz CT molecular complexity index is 1480. The van der Waals surface area contributed by atoms with Gasteiger partial charge in [-0.1, -0.05) is 42.5 Å². The van der Waals surface area contributed by atoms with Crippen molar-refractivity contribution < 1.29 is 4.57 Å². The first-order valence-corrected chi connectivity index (χ1v) is 11.5. The summed E-state index contributed by atoms with van der Waals surface area (Å²) >= 11 is 0. The molecule has 3 aromatic carbocycles. The number of pyridine rings is 2. The number of hydrogen-bond acceptors (Lipinski definition) is 1. The summed E-state index contributed by atoms with van der Waals surface area (Å²) < 4.78 is 2.31. The molecule has 0 unspecified atom stereocenters. The van der Waals surface area contributed by atoms with Crippen molar-refractivity contribution in [3.05, 3.63) is 108 Å². The first-order valence-electron chi connectivity index (χ1n) is 11.5. The van der Waals surface area contributed by atoms with Crippen molar-refractivity contribution in [3.8, 4) is 33.5 Å². The molecule has 0 fully saturated rings. The Hall–Kier alpha value is -3.78. The molecule has 2 aromatic heterocycles. The standard InChI is InChI=1S/C31H29N2/c1-20-8-6-9-21(2)30(20)25-12-13-28(22(3)16-25)31-29-14-11-24(26-10-7-15-32-19-26)18-27(29)17-23(4)33(31)5/h6-19H,1-5H3/q+1. The zero-order chi connectivity index (χ0) is 23.1. The topological polar surface area (TPSA) is 16.8 Å². The van der Waals surface area contributed by atoms with Crippen LogP contribution in [0.3, 0.4) is 0 Å². The number of nitrogens with zero attached hydrogens (tertiary/aromatic N) is 2. The van der Waals surface area contributed by atoms with Crippen LogP contribution in [0.2, 0.25) is 0 Å². The Kier molecular flexibility index (Phi) is 5.30. The van der Waals surface area contributed by atoms with E-state index < -0.39 is 0 Å². The molecule has 0 aliphatic heterocycles. The SMILES string of the molecule is Cc1cc(-c2c(C)cccc2C)ccc1-c1c2ccc(-c3cccnc3)cc2cc(C)[n+]1C. The summed E-state index contributed by atoms with van der Waals surface area (Å²) in [4.78, 5) is 4.29. The van der Waals surface area contributed by atoms with Gasteiger partial charge in [-0.15, -0.1) is 0 Å². The summed E-state index contributed by atoms with van der Waals surface area (Å²) in [6, 6.07) is 26.5. The third kappa shape index (κ3) is 3.72. The molecule has 2 nitrogen and oxygen atoms in total. The van der Waals surface area contributed by atoms with Crippen LogP contribution in [0.1, 0.15) is 22.4 Å². The molecule has 0 aliphatic rings. The minimum absolute atomic E-state index is 1.14. The van der Waals surface area contributed by atoms with E-state index in [0.717, 1.165) is 5.56 Å². The molecule has 5 rings (SSSR count). The number of benzene rings is 3. The van der Waals surface area contributed by atoms with Crippen molar-refractivity contribution in [2.24, 2.45) is 7.05 Å². The largest absolute Gasteiger partial charge is 0.264 e. The molecule has 2 heterocycles. The van der Waals surface area contributed by atoms with Crippen LogP contribution in [0.15, 0.2) is 85.2 Å². The average Bonchev–Trinajstić information content (AvgIpc) is 2.81. The maximum atomic E-state index is 4.29. The molecule has 0 bridgehead atoms. The minimum Gasteiger partial charge on any atom is -0.264 e. The van der Waals surface area contributed by atoms with E-state index in [1.54, 1.807) is 0 Å². The lowest BCUT2D eigenvalue weighted by Gasteiger charge is -2.14. The van der Waals surface area contributed by atoms with Crippen LogP contribution in [0.5, 0.6) is 0 Å². The second-order valence-electron chi connectivity index (χ2n) is 9.03. The Labute approximate surface area is 196 Å². The lowest BCUT2D eigenvalue weighted by atomic mass is 9.91. The second-order valence-corrected chi connectivity index (χ2v) is 9.03. The van der Waals surface area contributed by atoms with Gasteiger partial charge in [-0.3, -0.25) is 4.98 Å². The van der Waals surface area contributed by atoms with Crippen LogP contribution in [0.25, 0.3) is 44.3 Å². The van der Waals surface area contributed by atoms with Crippen molar-refractivity contribution in [1.82, 2.24) is 4.98 Å². The van der Waals surface area contributed by atoms with E-state index in [4.69, 9.17) is 0 Å². The van der Waals surface area contributed by atoms with E-state index in [2.05, 4.69) is 111 Å². The molecule has 33 heavy (non-hydrogen) atoms. The molecule has 5 aromatic rings. The predicted octanol–water partition coefficient (Wildman–Crippen LogP) is 7.29. The summed E-state index contributed by atoms with van der Waals surface area (Å²) in [7, 11) is 2.16. The first kappa shape index (κ1) is 21.1. The maximum absolute atomic E-state index is 4.29. The molecule has 2 heteroatoms. The summed E-state index contributed by atoms with van der Waals surface area (Å²) in [5.41, 5.74) is 12.6. The fourth-order valence-corrected chi connectivity index (χ4v) is 4.97. The van der Waals surface area contributed by atoms with Crippen LogP contribution < -0.4 is 4.57 Å². The van der Waals surface area contributed by atoms with Crippen molar-refractivity contribution in [1.29, 1.82) is 0 Å². The van der Waals surface area contributed by atoms with Gasteiger partial charge < -0.3 is 0 Å². The van der Waals surface area contributed by atoms with E-state index >= 15 is 0 Å². The zero-order valence-corrected chi connectivity index (χ0v) is 20.0. The van der Waals surface area contributed by atoms with Gasteiger partial charge in [0.15, 0.2) is 5.69 Å². The van der Waals surface area contributed by atoms with Gasteiger partial charge in [0.1, 0.15) is 7.05 Å². The molecule has 0 amide bonds. The highest BCUT2D eigenvalue weighted by Gasteiger charge is 2.20. The van der Waals surface area contributed by atoms with Gasteiger partial charge in [0.05, 0.1) is 5.39 Å². The van der Waals surface area contributed by atoms with Gasteiger partial charge in [-0.05, 0) is 83.8 Å². The monoisotopic (exact) mass is 429 g/mol. The van der Waals surface area contributed by atoms with Gasteiger partial charge in [-0.2, -0.15) is 4.57 Å². The summed E-state index contributed by atoms with van der Waals surface area (Å²) in [6.45, 7) is 8.80. The van der Waals surface area contributed by atoms with Gasteiger partial charge in [0, 0.05) is 36.5 Å². The molecule has 0 saturated heterocycles. The van der Waals surface area contributed by atoms with Crippen molar-refractivity contribution in [3.63, 3.8) is 0 Å². The quantitative estimate of drug-likeness (QED) is 0.275. The summed E-state index contributed by atoms with van der Waals surface area (Å²) in [5, 5.41) is 2.51. The molecule has 162 valence electrons. The van der Waals surface area contributed by atoms with E-state index in [0.29, 0.717) is 0 Å². The van der Waals surface area contributed by atoms with Crippen molar-refractivity contribution >= 4 is 10.8 Å². The number of aromatic nitrogens is 2. The molecule has 0 aliphatic carbocycles. The maximum Gasteiger partial charge on any atom is 0.220 e. The van der Waals surface area contributed by atoms with Crippen molar-refractivity contribution in [2.45, 2.75) is 27.7 Å². The summed E-state index contributed by atoms with van der Waals surface area (Å²) in [5.74, 6) is 0. The molecule has 0 spiro atoms. The Balaban J connectivity index is 1.69. The lowest BCUT2D eigenvalue weighted by Crippen LogP contribution is -2.35. The highest BCUT2D eigenvalue weighted by Crippen LogP contribution is 2.35. The molecular weight excluding hydrogens is 400 g/mol. The molecule has 0 N–H and O–H groups in total. The van der Waals surface area contributed by atoms with Crippen LogP contribution in [-0.4, -0.2) is 4.98 Å². The highest BCUT2D eigenvalue weighted by atomic mass is 14.9. The molecular formula is C31H29N2+. The fourth-order valence-electron chi connectivity index (χ4n) is 4.97. The normalized spacial score (nSPS) is 11.2. The van der Waals surface area contributed by atoms with Gasteiger partial charge in [-0.25, -0.2) is 0 Å². The van der Waals surface area contributed by atoms with Crippen molar-refractivity contribution in [2.75, 3.05) is 0 Å². The third-order valence-electron chi connectivity index (χ3n) is 6.78. The number of fused-ring (bicyclic) bond motifs is 1. The van der Waals surface area contributed by atoms with E-state index in [9.17, 15) is 0 Å². The smallest absolute Gasteiger partial charge is 0.220 e. The molecule has 0 radical (unpaired) electrons. The van der Waals surface area contributed by atoms with Crippen LogP contribution in [0, 0.1) is 27.7 Å².